The first-order valence-corrected chi connectivity index (χ1v) is 9.89. The molecule has 0 aliphatic carbocycles. The molecule has 2 aromatic carbocycles. The second-order valence-corrected chi connectivity index (χ2v) is 7.81. The van der Waals surface area contributed by atoms with Gasteiger partial charge < -0.3 is 19.5 Å². The molecule has 0 fully saturated rings. The van der Waals surface area contributed by atoms with Crippen LogP contribution in [-0.2, 0) is 13.6 Å². The minimum Gasteiger partial charge on any atom is -0.508 e. The van der Waals surface area contributed by atoms with Crippen LogP contribution in [0.1, 0.15) is 22.7 Å². The zero-order chi connectivity index (χ0) is 22.1. The SMILES string of the molecule is CN(Cc1ccn(C)c1)C(=O)N1CC(c2cc(F)ccc2F)=CC1c1cccc(O)c1. The summed E-state index contributed by atoms with van der Waals surface area (Å²) in [5, 5.41) is 9.92. The number of phenols is 1. The molecule has 0 bridgehead atoms. The van der Waals surface area contributed by atoms with Crippen molar-refractivity contribution in [3.05, 3.63) is 95.3 Å². The molecule has 2 heterocycles. The quantitative estimate of drug-likeness (QED) is 0.661. The Morgan fingerprint density at radius 2 is 2.00 bits per heavy atom. The average molecular weight is 423 g/mol. The van der Waals surface area contributed by atoms with Gasteiger partial charge in [0, 0.05) is 45.1 Å². The van der Waals surface area contributed by atoms with Gasteiger partial charge in [-0.3, -0.25) is 0 Å². The number of hydrogen-bond acceptors (Lipinski definition) is 2. The number of aryl methyl sites for hydroxylation is 1. The Morgan fingerprint density at radius 3 is 2.71 bits per heavy atom. The molecule has 7 heteroatoms. The van der Waals surface area contributed by atoms with E-state index >= 15 is 0 Å². The highest BCUT2D eigenvalue weighted by Gasteiger charge is 2.33. The zero-order valence-electron chi connectivity index (χ0n) is 17.3. The lowest BCUT2D eigenvalue weighted by Crippen LogP contribution is -2.41. The van der Waals surface area contributed by atoms with Crippen molar-refractivity contribution in [2.45, 2.75) is 12.6 Å². The van der Waals surface area contributed by atoms with Gasteiger partial charge >= 0.3 is 6.03 Å². The maximum Gasteiger partial charge on any atom is 0.321 e. The molecule has 1 unspecified atom stereocenters. The first-order valence-electron chi connectivity index (χ1n) is 9.89. The van der Waals surface area contributed by atoms with Crippen molar-refractivity contribution >= 4 is 11.6 Å². The fraction of sp³-hybridized carbons (Fsp3) is 0.208. The number of carbonyl (C=O) groups excluding carboxylic acids is 1. The van der Waals surface area contributed by atoms with Gasteiger partial charge in [-0.25, -0.2) is 13.6 Å². The molecule has 0 radical (unpaired) electrons. The van der Waals surface area contributed by atoms with E-state index < -0.39 is 17.7 Å². The van der Waals surface area contributed by atoms with Crippen LogP contribution in [0, 0.1) is 11.6 Å². The largest absolute Gasteiger partial charge is 0.508 e. The number of hydrogen-bond donors (Lipinski definition) is 1. The van der Waals surface area contributed by atoms with E-state index in [1.165, 1.54) is 0 Å². The van der Waals surface area contributed by atoms with Crippen molar-refractivity contribution in [2.75, 3.05) is 13.6 Å². The predicted molar refractivity (Wildman–Crippen MR) is 114 cm³/mol. The fourth-order valence-electron chi connectivity index (χ4n) is 3.92. The molecule has 160 valence electrons. The van der Waals surface area contributed by atoms with Crippen molar-refractivity contribution in [2.24, 2.45) is 7.05 Å². The molecule has 1 N–H and O–H groups in total. The summed E-state index contributed by atoms with van der Waals surface area (Å²) in [5.74, 6) is -1.02. The predicted octanol–water partition coefficient (Wildman–Crippen LogP) is 4.70. The minimum atomic E-state index is -0.547. The van der Waals surface area contributed by atoms with Gasteiger partial charge in [0.2, 0.25) is 0 Å². The van der Waals surface area contributed by atoms with Gasteiger partial charge in [0.25, 0.3) is 0 Å². The van der Waals surface area contributed by atoms with E-state index in [0.29, 0.717) is 17.7 Å². The summed E-state index contributed by atoms with van der Waals surface area (Å²) in [6.45, 7) is 0.533. The topological polar surface area (TPSA) is 48.7 Å². The number of phenolic OH excluding ortho intramolecular Hbond substituents is 1. The van der Waals surface area contributed by atoms with Gasteiger partial charge in [-0.15, -0.1) is 0 Å². The molecular formula is C24H23F2N3O2. The van der Waals surface area contributed by atoms with Crippen molar-refractivity contribution in [3.63, 3.8) is 0 Å². The second kappa shape index (κ2) is 8.26. The molecule has 1 atom stereocenters. The lowest BCUT2D eigenvalue weighted by Gasteiger charge is -2.30. The minimum absolute atomic E-state index is 0.0707. The average Bonchev–Trinajstić information content (AvgIpc) is 3.35. The standard InChI is InChI=1S/C24H23F2N3O2/c1-27-9-8-16(13-27)14-28(2)24(31)29-15-18(21-12-19(25)6-7-22(21)26)11-23(29)17-4-3-5-20(30)10-17/h3-13,23,30H,14-15H2,1-2H3. The Labute approximate surface area is 179 Å². The third-order valence-corrected chi connectivity index (χ3v) is 5.41. The number of nitrogens with zero attached hydrogens (tertiary/aromatic N) is 3. The molecule has 5 nitrogen and oxygen atoms in total. The van der Waals surface area contributed by atoms with E-state index in [9.17, 15) is 18.7 Å². The Balaban J connectivity index is 1.66. The summed E-state index contributed by atoms with van der Waals surface area (Å²) in [5.41, 5.74) is 2.32. The summed E-state index contributed by atoms with van der Waals surface area (Å²) in [4.78, 5) is 16.5. The molecule has 31 heavy (non-hydrogen) atoms. The van der Waals surface area contributed by atoms with Gasteiger partial charge in [0.05, 0.1) is 6.04 Å². The first kappa shape index (κ1) is 20.7. The molecule has 4 rings (SSSR count). The van der Waals surface area contributed by atoms with Crippen LogP contribution in [0.5, 0.6) is 5.75 Å². The van der Waals surface area contributed by atoms with Crippen LogP contribution in [0.25, 0.3) is 5.57 Å². The summed E-state index contributed by atoms with van der Waals surface area (Å²) >= 11 is 0. The summed E-state index contributed by atoms with van der Waals surface area (Å²) < 4.78 is 30.1. The van der Waals surface area contributed by atoms with Crippen molar-refractivity contribution in [1.82, 2.24) is 14.4 Å². The number of amides is 2. The maximum absolute atomic E-state index is 14.4. The van der Waals surface area contributed by atoms with Crippen LogP contribution < -0.4 is 0 Å². The molecule has 0 saturated heterocycles. The molecule has 1 aliphatic rings. The van der Waals surface area contributed by atoms with E-state index in [1.54, 1.807) is 47.2 Å². The summed E-state index contributed by atoms with van der Waals surface area (Å²) in [6.07, 6.45) is 5.60. The highest BCUT2D eigenvalue weighted by Crippen LogP contribution is 2.37. The van der Waals surface area contributed by atoms with Crippen LogP contribution in [0.4, 0.5) is 13.6 Å². The van der Waals surface area contributed by atoms with E-state index in [1.807, 2.05) is 30.1 Å². The molecule has 0 spiro atoms. The van der Waals surface area contributed by atoms with Crippen LogP contribution in [0.15, 0.2) is 67.0 Å². The van der Waals surface area contributed by atoms with Crippen LogP contribution in [-0.4, -0.2) is 39.1 Å². The van der Waals surface area contributed by atoms with E-state index in [4.69, 9.17) is 0 Å². The monoisotopic (exact) mass is 423 g/mol. The molecule has 1 aromatic heterocycles. The highest BCUT2D eigenvalue weighted by molar-refractivity contribution is 5.82. The number of carbonyl (C=O) groups is 1. The maximum atomic E-state index is 14.4. The van der Waals surface area contributed by atoms with Gasteiger partial charge in [-0.2, -0.15) is 0 Å². The third kappa shape index (κ3) is 4.30. The highest BCUT2D eigenvalue weighted by atomic mass is 19.1. The Hall–Kier alpha value is -3.61. The van der Waals surface area contributed by atoms with Gasteiger partial charge in [0.1, 0.15) is 17.4 Å². The summed E-state index contributed by atoms with van der Waals surface area (Å²) in [6, 6.07) is 11.1. The number of aromatic nitrogens is 1. The molecule has 1 aliphatic heterocycles. The fourth-order valence-corrected chi connectivity index (χ4v) is 3.92. The number of halogens is 2. The van der Waals surface area contributed by atoms with E-state index in [2.05, 4.69) is 0 Å². The van der Waals surface area contributed by atoms with Gasteiger partial charge in [-0.1, -0.05) is 18.2 Å². The van der Waals surface area contributed by atoms with Crippen LogP contribution in [0.3, 0.4) is 0 Å². The molecule has 3 aromatic rings. The number of rotatable bonds is 4. The Bertz CT molecular complexity index is 1160. The molecule has 2 amide bonds. The lowest BCUT2D eigenvalue weighted by molar-refractivity contribution is 0.160. The van der Waals surface area contributed by atoms with E-state index in [0.717, 1.165) is 23.8 Å². The lowest BCUT2D eigenvalue weighted by atomic mass is 10.0. The van der Waals surface area contributed by atoms with E-state index in [-0.39, 0.29) is 23.9 Å². The smallest absolute Gasteiger partial charge is 0.321 e. The second-order valence-electron chi connectivity index (χ2n) is 7.81. The number of benzene rings is 2. The van der Waals surface area contributed by atoms with Crippen LogP contribution >= 0.6 is 0 Å². The van der Waals surface area contributed by atoms with Crippen molar-refractivity contribution in [1.29, 1.82) is 0 Å². The first-order chi connectivity index (χ1) is 14.8. The van der Waals surface area contributed by atoms with Crippen molar-refractivity contribution < 1.29 is 18.7 Å². The van der Waals surface area contributed by atoms with Crippen molar-refractivity contribution in [3.8, 4) is 5.75 Å². The Kier molecular flexibility index (Phi) is 5.50. The van der Waals surface area contributed by atoms with Crippen LogP contribution in [0.2, 0.25) is 0 Å². The third-order valence-electron chi connectivity index (χ3n) is 5.41. The van der Waals surface area contributed by atoms with Gasteiger partial charge in [0.15, 0.2) is 0 Å². The summed E-state index contributed by atoms with van der Waals surface area (Å²) in [7, 11) is 3.61. The normalized spacial score (nSPS) is 15.8. The number of aromatic hydroxyl groups is 1. The number of urea groups is 1. The molecule has 0 saturated carbocycles. The Morgan fingerprint density at radius 1 is 1.19 bits per heavy atom. The van der Waals surface area contributed by atoms with Gasteiger partial charge in [-0.05, 0) is 53.1 Å². The zero-order valence-corrected chi connectivity index (χ0v) is 17.3. The molecular weight excluding hydrogens is 400 g/mol.